The zero-order chi connectivity index (χ0) is 15.6. The summed E-state index contributed by atoms with van der Waals surface area (Å²) in [6, 6.07) is 4.90. The maximum Gasteiger partial charge on any atom is 0.273 e. The molecule has 0 radical (unpaired) electrons. The molecule has 0 spiro atoms. The summed E-state index contributed by atoms with van der Waals surface area (Å²) in [6.07, 6.45) is 0.915. The number of rotatable bonds is 4. The summed E-state index contributed by atoms with van der Waals surface area (Å²) >= 11 is 0. The van der Waals surface area contributed by atoms with Crippen molar-refractivity contribution in [1.29, 1.82) is 0 Å². The van der Waals surface area contributed by atoms with E-state index < -0.39 is 4.92 Å². The lowest BCUT2D eigenvalue weighted by atomic mass is 10.1. The van der Waals surface area contributed by atoms with Gasteiger partial charge in [0.2, 0.25) is 0 Å². The number of nitrogens with zero attached hydrogens (tertiary/aromatic N) is 2. The number of hydrogen-bond donors (Lipinski definition) is 1. The molecule has 1 N–H and O–H groups in total. The predicted octanol–water partition coefficient (Wildman–Crippen LogP) is 2.12. The van der Waals surface area contributed by atoms with E-state index >= 15 is 0 Å². The standard InChI is InChI=1S/C15H21N3O3/c1-10(2)17(13-6-7-16-9-13)15(19)12-5-4-11(3)14(8-12)18(20)21/h4-5,8,10,13,16H,6-7,9H2,1-3H3. The minimum atomic E-state index is -0.442. The average molecular weight is 291 g/mol. The van der Waals surface area contributed by atoms with Gasteiger partial charge in [0.15, 0.2) is 0 Å². The van der Waals surface area contributed by atoms with E-state index in [2.05, 4.69) is 5.32 Å². The molecule has 1 aromatic carbocycles. The Balaban J connectivity index is 2.32. The van der Waals surface area contributed by atoms with Crippen molar-refractivity contribution in [1.82, 2.24) is 10.2 Å². The molecule has 1 aromatic rings. The third-order valence-electron chi connectivity index (χ3n) is 3.87. The second-order valence-corrected chi connectivity index (χ2v) is 5.71. The zero-order valence-corrected chi connectivity index (χ0v) is 12.6. The summed E-state index contributed by atoms with van der Waals surface area (Å²) in [7, 11) is 0. The molecule has 1 atom stereocenters. The monoisotopic (exact) mass is 291 g/mol. The molecule has 114 valence electrons. The van der Waals surface area contributed by atoms with Crippen molar-refractivity contribution in [3.63, 3.8) is 0 Å². The number of carbonyl (C=O) groups excluding carboxylic acids is 1. The van der Waals surface area contributed by atoms with Gasteiger partial charge in [0.1, 0.15) is 0 Å². The third kappa shape index (κ3) is 3.21. The van der Waals surface area contributed by atoms with Crippen LogP contribution in [0.25, 0.3) is 0 Å². The molecule has 1 aliphatic rings. The van der Waals surface area contributed by atoms with E-state index in [9.17, 15) is 14.9 Å². The quantitative estimate of drug-likeness (QED) is 0.681. The zero-order valence-electron chi connectivity index (χ0n) is 12.6. The number of amides is 1. The first kappa shape index (κ1) is 15.4. The van der Waals surface area contributed by atoms with Crippen LogP contribution in [0.5, 0.6) is 0 Å². The fourth-order valence-corrected chi connectivity index (χ4v) is 2.79. The van der Waals surface area contributed by atoms with Crippen molar-refractivity contribution < 1.29 is 9.72 Å². The Morgan fingerprint density at radius 1 is 1.48 bits per heavy atom. The van der Waals surface area contributed by atoms with Crippen LogP contribution in [0.2, 0.25) is 0 Å². The predicted molar refractivity (Wildman–Crippen MR) is 80.4 cm³/mol. The summed E-state index contributed by atoms with van der Waals surface area (Å²) in [5, 5.41) is 14.3. The van der Waals surface area contributed by atoms with E-state index in [-0.39, 0.29) is 23.7 Å². The van der Waals surface area contributed by atoms with Crippen molar-refractivity contribution >= 4 is 11.6 Å². The molecule has 1 amide bonds. The lowest BCUT2D eigenvalue weighted by Crippen LogP contribution is -2.45. The van der Waals surface area contributed by atoms with Gasteiger partial charge in [-0.05, 0) is 39.8 Å². The van der Waals surface area contributed by atoms with E-state index in [1.54, 1.807) is 19.1 Å². The second kappa shape index (κ2) is 6.22. The summed E-state index contributed by atoms with van der Waals surface area (Å²) < 4.78 is 0. The second-order valence-electron chi connectivity index (χ2n) is 5.71. The van der Waals surface area contributed by atoms with Gasteiger partial charge in [-0.25, -0.2) is 0 Å². The van der Waals surface area contributed by atoms with Gasteiger partial charge in [0.05, 0.1) is 4.92 Å². The summed E-state index contributed by atoms with van der Waals surface area (Å²) in [5.41, 5.74) is 0.942. The van der Waals surface area contributed by atoms with Gasteiger partial charge in [0.25, 0.3) is 11.6 Å². The van der Waals surface area contributed by atoms with Crippen LogP contribution in [-0.2, 0) is 0 Å². The highest BCUT2D eigenvalue weighted by molar-refractivity contribution is 5.95. The van der Waals surface area contributed by atoms with Crippen LogP contribution in [0.15, 0.2) is 18.2 Å². The molecule has 6 heteroatoms. The van der Waals surface area contributed by atoms with Gasteiger partial charge in [-0.15, -0.1) is 0 Å². The molecule has 1 unspecified atom stereocenters. The van der Waals surface area contributed by atoms with Gasteiger partial charge in [-0.2, -0.15) is 0 Å². The SMILES string of the molecule is Cc1ccc(C(=O)N(C(C)C)C2CCNC2)cc1[N+](=O)[O-]. The van der Waals surface area contributed by atoms with Crippen LogP contribution in [-0.4, -0.2) is 40.9 Å². The molecular weight excluding hydrogens is 270 g/mol. The number of nitro benzene ring substituents is 1. The fraction of sp³-hybridized carbons (Fsp3) is 0.533. The van der Waals surface area contributed by atoms with E-state index in [4.69, 9.17) is 0 Å². The Kier molecular flexibility index (Phi) is 4.57. The molecule has 1 heterocycles. The number of carbonyl (C=O) groups is 1. The smallest absolute Gasteiger partial charge is 0.273 e. The van der Waals surface area contributed by atoms with Gasteiger partial charge in [-0.3, -0.25) is 14.9 Å². The molecule has 1 aliphatic heterocycles. The lowest BCUT2D eigenvalue weighted by molar-refractivity contribution is -0.385. The third-order valence-corrected chi connectivity index (χ3v) is 3.87. The Morgan fingerprint density at radius 3 is 2.71 bits per heavy atom. The highest BCUT2D eigenvalue weighted by Crippen LogP contribution is 2.22. The minimum Gasteiger partial charge on any atom is -0.332 e. The van der Waals surface area contributed by atoms with E-state index in [0.717, 1.165) is 19.5 Å². The van der Waals surface area contributed by atoms with Crippen LogP contribution in [0.1, 0.15) is 36.2 Å². The maximum absolute atomic E-state index is 12.7. The van der Waals surface area contributed by atoms with Crippen molar-refractivity contribution in [3.05, 3.63) is 39.4 Å². The van der Waals surface area contributed by atoms with Crippen LogP contribution >= 0.6 is 0 Å². The number of nitrogens with one attached hydrogen (secondary N) is 1. The average Bonchev–Trinajstić information content (AvgIpc) is 2.92. The molecule has 2 rings (SSSR count). The number of benzene rings is 1. The van der Waals surface area contributed by atoms with Crippen LogP contribution in [0, 0.1) is 17.0 Å². The van der Waals surface area contributed by atoms with Gasteiger partial charge in [0, 0.05) is 35.8 Å². The first-order valence-electron chi connectivity index (χ1n) is 7.20. The molecule has 0 aliphatic carbocycles. The molecule has 21 heavy (non-hydrogen) atoms. The molecule has 6 nitrogen and oxygen atoms in total. The molecule has 1 saturated heterocycles. The van der Waals surface area contributed by atoms with Crippen molar-refractivity contribution in [3.8, 4) is 0 Å². The van der Waals surface area contributed by atoms with Gasteiger partial charge < -0.3 is 10.2 Å². The molecule has 0 bridgehead atoms. The van der Waals surface area contributed by atoms with Crippen molar-refractivity contribution in [2.24, 2.45) is 0 Å². The Bertz CT molecular complexity index is 551. The minimum absolute atomic E-state index is 0.00546. The van der Waals surface area contributed by atoms with Gasteiger partial charge in [-0.1, -0.05) is 6.07 Å². The number of nitro groups is 1. The Labute approximate surface area is 124 Å². The number of hydrogen-bond acceptors (Lipinski definition) is 4. The normalized spacial score (nSPS) is 18.0. The molecule has 0 aromatic heterocycles. The molecule has 1 fully saturated rings. The summed E-state index contributed by atoms with van der Waals surface area (Å²) in [5.74, 6) is -0.137. The Morgan fingerprint density at radius 2 is 2.19 bits per heavy atom. The van der Waals surface area contributed by atoms with Crippen molar-refractivity contribution in [2.45, 2.75) is 39.3 Å². The van der Waals surface area contributed by atoms with Crippen LogP contribution < -0.4 is 5.32 Å². The van der Waals surface area contributed by atoms with Gasteiger partial charge >= 0.3 is 0 Å². The first-order chi connectivity index (χ1) is 9.91. The largest absolute Gasteiger partial charge is 0.332 e. The highest BCUT2D eigenvalue weighted by atomic mass is 16.6. The molecule has 0 saturated carbocycles. The van der Waals surface area contributed by atoms with Crippen molar-refractivity contribution in [2.75, 3.05) is 13.1 Å². The van der Waals surface area contributed by atoms with E-state index in [0.29, 0.717) is 11.1 Å². The Hall–Kier alpha value is -1.95. The van der Waals surface area contributed by atoms with Crippen LogP contribution in [0.4, 0.5) is 5.69 Å². The summed E-state index contributed by atoms with van der Waals surface area (Å²) in [6.45, 7) is 7.29. The van der Waals surface area contributed by atoms with E-state index in [1.807, 2.05) is 18.7 Å². The topological polar surface area (TPSA) is 75.5 Å². The summed E-state index contributed by atoms with van der Waals surface area (Å²) in [4.78, 5) is 25.1. The number of aryl methyl sites for hydroxylation is 1. The lowest BCUT2D eigenvalue weighted by Gasteiger charge is -2.32. The highest BCUT2D eigenvalue weighted by Gasteiger charge is 2.30. The van der Waals surface area contributed by atoms with Crippen LogP contribution in [0.3, 0.4) is 0 Å². The van der Waals surface area contributed by atoms with E-state index in [1.165, 1.54) is 6.07 Å². The first-order valence-corrected chi connectivity index (χ1v) is 7.20. The maximum atomic E-state index is 12.7. The fourth-order valence-electron chi connectivity index (χ4n) is 2.79. The molecular formula is C15H21N3O3.